The number of halogens is 4. The number of aryl methyl sites for hydroxylation is 1. The lowest BCUT2D eigenvalue weighted by molar-refractivity contribution is -0.141. The first-order valence-electron chi connectivity index (χ1n) is 5.31. The van der Waals surface area contributed by atoms with Crippen LogP contribution in [0, 0.1) is 8.99 Å². The summed E-state index contributed by atoms with van der Waals surface area (Å²) < 4.78 is 38.2. The standard InChI is InChI=1S/C12H15F3IN/c1-11(2,3)5-4-9-6-8(16)7-10(17-9)12(13,14)15/h6-7H,4-5H2,1-3H3. The first-order chi connectivity index (χ1) is 7.58. The Kier molecular flexibility index (Phi) is 4.43. The Morgan fingerprint density at radius 1 is 1.18 bits per heavy atom. The normalized spacial score (nSPS) is 12.9. The van der Waals surface area contributed by atoms with Gasteiger partial charge in [-0.2, -0.15) is 13.2 Å². The number of pyridine rings is 1. The van der Waals surface area contributed by atoms with Crippen LogP contribution in [-0.2, 0) is 12.6 Å². The monoisotopic (exact) mass is 357 g/mol. The molecule has 0 aromatic carbocycles. The van der Waals surface area contributed by atoms with Gasteiger partial charge < -0.3 is 0 Å². The smallest absolute Gasteiger partial charge is 0.248 e. The fraction of sp³-hybridized carbons (Fsp3) is 0.583. The third kappa shape index (κ3) is 5.23. The molecule has 1 rings (SSSR count). The van der Waals surface area contributed by atoms with E-state index in [0.29, 0.717) is 15.7 Å². The lowest BCUT2D eigenvalue weighted by Gasteiger charge is -2.18. The zero-order chi connectivity index (χ0) is 13.3. The highest BCUT2D eigenvalue weighted by molar-refractivity contribution is 14.1. The van der Waals surface area contributed by atoms with Gasteiger partial charge in [-0.1, -0.05) is 20.8 Å². The van der Waals surface area contributed by atoms with E-state index >= 15 is 0 Å². The molecule has 5 heteroatoms. The van der Waals surface area contributed by atoms with Crippen LogP contribution in [-0.4, -0.2) is 4.98 Å². The summed E-state index contributed by atoms with van der Waals surface area (Å²) in [5.74, 6) is 0. The van der Waals surface area contributed by atoms with E-state index in [0.717, 1.165) is 12.5 Å². The minimum absolute atomic E-state index is 0.0986. The van der Waals surface area contributed by atoms with E-state index in [9.17, 15) is 13.2 Å². The van der Waals surface area contributed by atoms with E-state index in [1.54, 1.807) is 6.07 Å². The van der Waals surface area contributed by atoms with Gasteiger partial charge in [-0.05, 0) is 53.0 Å². The molecule has 0 saturated carbocycles. The van der Waals surface area contributed by atoms with Crippen molar-refractivity contribution in [2.75, 3.05) is 0 Å². The molecule has 0 amide bonds. The molecular weight excluding hydrogens is 342 g/mol. The molecular formula is C12H15F3IN. The second-order valence-electron chi connectivity index (χ2n) is 5.22. The lowest BCUT2D eigenvalue weighted by atomic mass is 9.90. The van der Waals surface area contributed by atoms with Crippen LogP contribution in [0.5, 0.6) is 0 Å². The molecule has 0 saturated heterocycles. The summed E-state index contributed by atoms with van der Waals surface area (Å²) in [5, 5.41) is 0. The van der Waals surface area contributed by atoms with Gasteiger partial charge in [-0.3, -0.25) is 0 Å². The van der Waals surface area contributed by atoms with Gasteiger partial charge >= 0.3 is 6.18 Å². The van der Waals surface area contributed by atoms with Crippen LogP contribution in [0.2, 0.25) is 0 Å². The molecule has 0 bridgehead atoms. The Morgan fingerprint density at radius 2 is 1.76 bits per heavy atom. The maximum Gasteiger partial charge on any atom is 0.433 e. The van der Waals surface area contributed by atoms with Crippen molar-refractivity contribution in [3.8, 4) is 0 Å². The Balaban J connectivity index is 2.91. The second kappa shape index (κ2) is 5.12. The van der Waals surface area contributed by atoms with Crippen LogP contribution in [0.15, 0.2) is 12.1 Å². The zero-order valence-electron chi connectivity index (χ0n) is 10.0. The van der Waals surface area contributed by atoms with E-state index in [1.165, 1.54) is 0 Å². The predicted molar refractivity (Wildman–Crippen MR) is 69.7 cm³/mol. The third-order valence-electron chi connectivity index (χ3n) is 2.26. The molecule has 0 radical (unpaired) electrons. The van der Waals surface area contributed by atoms with Gasteiger partial charge in [0.05, 0.1) is 0 Å². The third-order valence-corrected chi connectivity index (χ3v) is 2.89. The number of hydrogen-bond acceptors (Lipinski definition) is 1. The number of aromatic nitrogens is 1. The Labute approximate surface area is 113 Å². The van der Waals surface area contributed by atoms with Gasteiger partial charge in [-0.25, -0.2) is 4.98 Å². The van der Waals surface area contributed by atoms with Crippen LogP contribution in [0.1, 0.15) is 38.6 Å². The molecule has 0 aliphatic carbocycles. The van der Waals surface area contributed by atoms with E-state index in [4.69, 9.17) is 0 Å². The van der Waals surface area contributed by atoms with Crippen molar-refractivity contribution >= 4 is 22.6 Å². The van der Waals surface area contributed by atoms with Gasteiger partial charge in [0.1, 0.15) is 5.69 Å². The van der Waals surface area contributed by atoms with Crippen molar-refractivity contribution in [1.82, 2.24) is 4.98 Å². The van der Waals surface area contributed by atoms with Crippen LogP contribution in [0.25, 0.3) is 0 Å². The molecule has 0 N–H and O–H groups in total. The Hall–Kier alpha value is -0.330. The minimum atomic E-state index is -4.36. The molecule has 1 aromatic rings. The largest absolute Gasteiger partial charge is 0.433 e. The minimum Gasteiger partial charge on any atom is -0.248 e. The van der Waals surface area contributed by atoms with Crippen molar-refractivity contribution in [3.05, 3.63) is 27.1 Å². The SMILES string of the molecule is CC(C)(C)CCc1cc(I)cc(C(F)(F)F)n1. The molecule has 0 unspecified atom stereocenters. The van der Waals surface area contributed by atoms with E-state index in [2.05, 4.69) is 25.8 Å². The summed E-state index contributed by atoms with van der Waals surface area (Å²) >= 11 is 1.89. The summed E-state index contributed by atoms with van der Waals surface area (Å²) in [6, 6.07) is 2.78. The molecule has 0 aliphatic rings. The molecule has 0 spiro atoms. The molecule has 0 atom stereocenters. The summed E-state index contributed by atoms with van der Waals surface area (Å²) in [6.45, 7) is 6.18. The quantitative estimate of drug-likeness (QED) is 0.701. The van der Waals surface area contributed by atoms with Crippen LogP contribution < -0.4 is 0 Å². The second-order valence-corrected chi connectivity index (χ2v) is 6.47. The van der Waals surface area contributed by atoms with Gasteiger partial charge in [0.2, 0.25) is 0 Å². The molecule has 96 valence electrons. The lowest BCUT2D eigenvalue weighted by Crippen LogP contribution is -2.12. The highest BCUT2D eigenvalue weighted by Crippen LogP contribution is 2.29. The Bertz CT molecular complexity index is 394. The highest BCUT2D eigenvalue weighted by atomic mass is 127. The van der Waals surface area contributed by atoms with E-state index in [-0.39, 0.29) is 5.41 Å². The fourth-order valence-electron chi connectivity index (χ4n) is 1.33. The molecule has 0 aliphatic heterocycles. The molecule has 1 nitrogen and oxygen atoms in total. The van der Waals surface area contributed by atoms with Crippen LogP contribution >= 0.6 is 22.6 Å². The van der Waals surface area contributed by atoms with E-state index in [1.807, 2.05) is 22.6 Å². The number of alkyl halides is 3. The van der Waals surface area contributed by atoms with Crippen molar-refractivity contribution in [1.29, 1.82) is 0 Å². The first kappa shape index (κ1) is 14.7. The summed E-state index contributed by atoms with van der Waals surface area (Å²) in [6.07, 6.45) is -2.97. The molecule has 0 fully saturated rings. The number of hydrogen-bond donors (Lipinski definition) is 0. The van der Waals surface area contributed by atoms with Crippen molar-refractivity contribution < 1.29 is 13.2 Å². The van der Waals surface area contributed by atoms with Gasteiger partial charge in [0.15, 0.2) is 0 Å². The highest BCUT2D eigenvalue weighted by Gasteiger charge is 2.33. The van der Waals surface area contributed by atoms with Crippen molar-refractivity contribution in [2.24, 2.45) is 5.41 Å². The van der Waals surface area contributed by atoms with E-state index < -0.39 is 11.9 Å². The fourth-order valence-corrected chi connectivity index (χ4v) is 1.98. The predicted octanol–water partition coefficient (Wildman–Crippen LogP) is 4.68. The first-order valence-corrected chi connectivity index (χ1v) is 6.39. The molecule has 17 heavy (non-hydrogen) atoms. The maximum absolute atomic E-state index is 12.6. The van der Waals surface area contributed by atoms with Gasteiger partial charge in [0, 0.05) is 9.26 Å². The average Bonchev–Trinajstić information content (AvgIpc) is 2.11. The molecule has 1 heterocycles. The zero-order valence-corrected chi connectivity index (χ0v) is 12.2. The van der Waals surface area contributed by atoms with Gasteiger partial charge in [-0.15, -0.1) is 0 Å². The van der Waals surface area contributed by atoms with Crippen LogP contribution in [0.4, 0.5) is 13.2 Å². The summed E-state index contributed by atoms with van der Waals surface area (Å²) in [7, 11) is 0. The summed E-state index contributed by atoms with van der Waals surface area (Å²) in [4.78, 5) is 3.68. The average molecular weight is 357 g/mol. The molecule has 1 aromatic heterocycles. The van der Waals surface area contributed by atoms with Crippen molar-refractivity contribution in [3.63, 3.8) is 0 Å². The van der Waals surface area contributed by atoms with Crippen molar-refractivity contribution in [2.45, 2.75) is 39.8 Å². The maximum atomic E-state index is 12.6. The topological polar surface area (TPSA) is 12.9 Å². The number of nitrogens with zero attached hydrogens (tertiary/aromatic N) is 1. The van der Waals surface area contributed by atoms with Gasteiger partial charge in [0.25, 0.3) is 0 Å². The van der Waals surface area contributed by atoms with Crippen LogP contribution in [0.3, 0.4) is 0 Å². The Morgan fingerprint density at radius 3 is 2.24 bits per heavy atom. The number of rotatable bonds is 2. The summed E-state index contributed by atoms with van der Waals surface area (Å²) in [5.41, 5.74) is -0.186.